The van der Waals surface area contributed by atoms with E-state index in [-0.39, 0.29) is 30.2 Å². The van der Waals surface area contributed by atoms with Crippen LogP contribution in [-0.4, -0.2) is 72.2 Å². The Balaban J connectivity index is 1.32. The highest BCUT2D eigenvalue weighted by molar-refractivity contribution is 5.96. The van der Waals surface area contributed by atoms with Crippen LogP contribution in [0.5, 0.6) is 0 Å². The number of rotatable bonds is 8. The SMILES string of the molecule is CC(=O)C=CN(C)C1CCC(N2CC(NC(=O)CNC(=O)c3cccc(C)c3)C2)CC1. The number of nitrogens with one attached hydrogen (secondary N) is 2. The first-order valence-electron chi connectivity index (χ1n) is 11.1. The topological polar surface area (TPSA) is 81.8 Å². The molecular weight excluding hydrogens is 392 g/mol. The molecule has 0 atom stereocenters. The molecule has 31 heavy (non-hydrogen) atoms. The number of allylic oxidation sites excluding steroid dienone is 1. The van der Waals surface area contributed by atoms with Gasteiger partial charge in [0.05, 0.1) is 12.6 Å². The molecule has 1 aliphatic carbocycles. The molecule has 1 aromatic rings. The Hall–Kier alpha value is -2.67. The third kappa shape index (κ3) is 6.66. The third-order valence-electron chi connectivity index (χ3n) is 6.27. The van der Waals surface area contributed by atoms with Crippen LogP contribution in [0.25, 0.3) is 0 Å². The van der Waals surface area contributed by atoms with E-state index in [0.717, 1.165) is 44.3 Å². The first-order chi connectivity index (χ1) is 14.8. The molecule has 7 heteroatoms. The molecule has 168 valence electrons. The lowest BCUT2D eigenvalue weighted by molar-refractivity contribution is -0.122. The van der Waals surface area contributed by atoms with E-state index < -0.39 is 0 Å². The highest BCUT2D eigenvalue weighted by Crippen LogP contribution is 2.28. The summed E-state index contributed by atoms with van der Waals surface area (Å²) in [4.78, 5) is 40.0. The number of carbonyl (C=O) groups excluding carboxylic acids is 3. The fourth-order valence-corrected chi connectivity index (χ4v) is 4.40. The van der Waals surface area contributed by atoms with E-state index in [9.17, 15) is 14.4 Å². The van der Waals surface area contributed by atoms with Gasteiger partial charge in [-0.1, -0.05) is 17.7 Å². The molecular formula is C24H34N4O3. The van der Waals surface area contributed by atoms with Crippen molar-refractivity contribution in [3.05, 3.63) is 47.7 Å². The molecule has 1 aromatic carbocycles. The van der Waals surface area contributed by atoms with Gasteiger partial charge in [-0.2, -0.15) is 0 Å². The maximum Gasteiger partial charge on any atom is 0.251 e. The summed E-state index contributed by atoms with van der Waals surface area (Å²) in [7, 11) is 2.04. The van der Waals surface area contributed by atoms with Crippen molar-refractivity contribution in [2.75, 3.05) is 26.7 Å². The second kappa shape index (κ2) is 10.6. The molecule has 1 heterocycles. The van der Waals surface area contributed by atoms with Crippen molar-refractivity contribution in [2.24, 2.45) is 0 Å². The number of aryl methyl sites for hydroxylation is 1. The average molecular weight is 427 g/mol. The van der Waals surface area contributed by atoms with Crippen molar-refractivity contribution in [2.45, 2.75) is 57.7 Å². The average Bonchev–Trinajstić information content (AvgIpc) is 2.72. The predicted octanol–water partition coefficient (Wildman–Crippen LogP) is 1.87. The highest BCUT2D eigenvalue weighted by Gasteiger charge is 2.35. The van der Waals surface area contributed by atoms with Gasteiger partial charge in [0.2, 0.25) is 5.91 Å². The van der Waals surface area contributed by atoms with Crippen molar-refractivity contribution in [3.63, 3.8) is 0 Å². The lowest BCUT2D eigenvalue weighted by atomic mass is 9.87. The van der Waals surface area contributed by atoms with Crippen LogP contribution in [0.2, 0.25) is 0 Å². The normalized spacial score (nSPS) is 22.0. The summed E-state index contributed by atoms with van der Waals surface area (Å²) in [6.45, 7) is 5.23. The maximum atomic E-state index is 12.2. The summed E-state index contributed by atoms with van der Waals surface area (Å²) in [5, 5.41) is 5.70. The van der Waals surface area contributed by atoms with Crippen molar-refractivity contribution < 1.29 is 14.4 Å². The van der Waals surface area contributed by atoms with Crippen molar-refractivity contribution >= 4 is 17.6 Å². The minimum atomic E-state index is -0.228. The zero-order valence-corrected chi connectivity index (χ0v) is 18.8. The standard InChI is InChI=1S/C24H34N4O3/c1-17-5-4-6-19(13-17)24(31)25-14-23(30)26-20-15-28(16-20)22-9-7-21(8-10-22)27(3)12-11-18(2)29/h4-6,11-13,20-22H,7-10,14-16H2,1-3H3,(H,25,31)(H,26,30). The third-order valence-corrected chi connectivity index (χ3v) is 6.27. The molecule has 0 aromatic heterocycles. The van der Waals surface area contributed by atoms with Gasteiger partial charge in [0.25, 0.3) is 5.91 Å². The Kier molecular flexibility index (Phi) is 7.85. The van der Waals surface area contributed by atoms with Crippen LogP contribution in [0.3, 0.4) is 0 Å². The lowest BCUT2D eigenvalue weighted by Gasteiger charge is -2.47. The van der Waals surface area contributed by atoms with E-state index in [1.807, 2.05) is 38.4 Å². The minimum absolute atomic E-state index is 0.00546. The van der Waals surface area contributed by atoms with E-state index in [1.54, 1.807) is 19.1 Å². The Morgan fingerprint density at radius 2 is 1.87 bits per heavy atom. The largest absolute Gasteiger partial charge is 0.377 e. The number of hydrogen-bond donors (Lipinski definition) is 2. The van der Waals surface area contributed by atoms with E-state index in [2.05, 4.69) is 20.4 Å². The molecule has 2 N–H and O–H groups in total. The Bertz CT molecular complexity index is 824. The molecule has 2 aliphatic rings. The number of hydrogen-bond acceptors (Lipinski definition) is 5. The van der Waals surface area contributed by atoms with Gasteiger partial charge in [-0.15, -0.1) is 0 Å². The van der Waals surface area contributed by atoms with E-state index in [1.165, 1.54) is 0 Å². The fourth-order valence-electron chi connectivity index (χ4n) is 4.40. The predicted molar refractivity (Wildman–Crippen MR) is 121 cm³/mol. The number of likely N-dealkylation sites (tertiary alicyclic amines) is 1. The quantitative estimate of drug-likeness (QED) is 0.621. The fraction of sp³-hybridized carbons (Fsp3) is 0.542. The van der Waals surface area contributed by atoms with Gasteiger partial charge >= 0.3 is 0 Å². The molecule has 2 fully saturated rings. The molecule has 0 spiro atoms. The molecule has 1 saturated heterocycles. The molecule has 1 aliphatic heterocycles. The van der Waals surface area contributed by atoms with Crippen LogP contribution >= 0.6 is 0 Å². The number of nitrogens with zero attached hydrogens (tertiary/aromatic N) is 2. The van der Waals surface area contributed by atoms with Crippen molar-refractivity contribution in [1.29, 1.82) is 0 Å². The summed E-state index contributed by atoms with van der Waals surface area (Å²) < 4.78 is 0. The highest BCUT2D eigenvalue weighted by atomic mass is 16.2. The smallest absolute Gasteiger partial charge is 0.251 e. The Morgan fingerprint density at radius 3 is 2.52 bits per heavy atom. The monoisotopic (exact) mass is 426 g/mol. The van der Waals surface area contributed by atoms with Crippen molar-refractivity contribution in [1.82, 2.24) is 20.4 Å². The molecule has 1 saturated carbocycles. The number of amides is 2. The van der Waals surface area contributed by atoms with Gasteiger partial charge in [0.15, 0.2) is 5.78 Å². The first kappa shape index (κ1) is 23.0. The summed E-state index contributed by atoms with van der Waals surface area (Å²) in [6.07, 6.45) is 8.01. The van der Waals surface area contributed by atoms with Gasteiger partial charge in [-0.25, -0.2) is 0 Å². The Labute approximate surface area is 184 Å². The van der Waals surface area contributed by atoms with Gasteiger partial charge in [0.1, 0.15) is 0 Å². The first-order valence-corrected chi connectivity index (χ1v) is 11.1. The molecule has 0 radical (unpaired) electrons. The summed E-state index contributed by atoms with van der Waals surface area (Å²) in [6, 6.07) is 8.53. The maximum absolute atomic E-state index is 12.2. The van der Waals surface area contributed by atoms with Crippen LogP contribution in [0.4, 0.5) is 0 Å². The van der Waals surface area contributed by atoms with Crippen LogP contribution in [0, 0.1) is 6.92 Å². The minimum Gasteiger partial charge on any atom is -0.377 e. The van der Waals surface area contributed by atoms with Gasteiger partial charge in [-0.05, 0) is 57.7 Å². The van der Waals surface area contributed by atoms with Crippen LogP contribution in [0.1, 0.15) is 48.5 Å². The second-order valence-electron chi connectivity index (χ2n) is 8.82. The number of ketones is 1. The second-order valence-corrected chi connectivity index (χ2v) is 8.82. The zero-order chi connectivity index (χ0) is 22.4. The van der Waals surface area contributed by atoms with Crippen molar-refractivity contribution in [3.8, 4) is 0 Å². The molecule has 3 rings (SSSR count). The summed E-state index contributed by atoms with van der Waals surface area (Å²) in [5.74, 6) is -0.300. The number of carbonyl (C=O) groups is 3. The molecule has 0 unspecified atom stereocenters. The summed E-state index contributed by atoms with van der Waals surface area (Å²) in [5.41, 5.74) is 1.58. The summed E-state index contributed by atoms with van der Waals surface area (Å²) >= 11 is 0. The zero-order valence-electron chi connectivity index (χ0n) is 18.8. The van der Waals surface area contributed by atoms with E-state index in [0.29, 0.717) is 17.6 Å². The molecule has 2 amide bonds. The van der Waals surface area contributed by atoms with Gasteiger partial charge in [0, 0.05) is 44.0 Å². The van der Waals surface area contributed by atoms with E-state index in [4.69, 9.17) is 0 Å². The lowest BCUT2D eigenvalue weighted by Crippen LogP contribution is -2.63. The van der Waals surface area contributed by atoms with Gasteiger partial charge in [-0.3, -0.25) is 19.3 Å². The molecule has 7 nitrogen and oxygen atoms in total. The Morgan fingerprint density at radius 1 is 1.16 bits per heavy atom. The number of benzene rings is 1. The molecule has 0 bridgehead atoms. The van der Waals surface area contributed by atoms with Crippen LogP contribution in [0.15, 0.2) is 36.5 Å². The van der Waals surface area contributed by atoms with Gasteiger partial charge < -0.3 is 15.5 Å². The van der Waals surface area contributed by atoms with E-state index >= 15 is 0 Å². The van der Waals surface area contributed by atoms with Crippen LogP contribution < -0.4 is 10.6 Å². The van der Waals surface area contributed by atoms with Crippen LogP contribution in [-0.2, 0) is 9.59 Å².